The summed E-state index contributed by atoms with van der Waals surface area (Å²) in [7, 11) is 0. The first-order valence-corrected chi connectivity index (χ1v) is 6.12. The minimum absolute atomic E-state index is 0.116. The molecule has 76 valence electrons. The molecule has 1 amide bonds. The van der Waals surface area contributed by atoms with E-state index < -0.39 is 6.04 Å². The summed E-state index contributed by atoms with van der Waals surface area (Å²) in [6.45, 7) is 4.04. The van der Waals surface area contributed by atoms with Crippen molar-refractivity contribution < 1.29 is 4.79 Å². The molecule has 0 heterocycles. The molecule has 1 atom stereocenters. The Bertz CT molecular complexity index is 187. The number of nitrogens with two attached hydrogens (primary N) is 1. The van der Waals surface area contributed by atoms with Gasteiger partial charge in [-0.3, -0.25) is 4.79 Å². The zero-order chi connectivity index (χ0) is 10.3. The molecule has 0 aromatic heterocycles. The third-order valence-electron chi connectivity index (χ3n) is 1.42. The van der Waals surface area contributed by atoms with Crippen molar-refractivity contribution in [2.45, 2.75) is 12.5 Å². The molecule has 0 spiro atoms. The van der Waals surface area contributed by atoms with Crippen LogP contribution in [0, 0.1) is 0 Å². The second kappa shape index (κ2) is 7.41. The molecule has 0 fully saturated rings. The molecule has 0 bridgehead atoms. The number of hydrogen-bond acceptors (Lipinski definition) is 3. The average Bonchev–Trinajstić information content (AvgIpc) is 2.10. The van der Waals surface area contributed by atoms with Gasteiger partial charge in [-0.2, -0.15) is 11.8 Å². The number of nitrogens with one attached hydrogen (secondary N) is 1. The lowest BCUT2D eigenvalue weighted by Gasteiger charge is -2.10. The number of thioether (sulfide) groups is 1. The number of carbonyl (C=O) groups excluding carboxylic acids is 1. The fourth-order valence-electron chi connectivity index (χ4n) is 0.690. The Hall–Kier alpha value is -0.0000000000000000555. The van der Waals surface area contributed by atoms with Gasteiger partial charge < -0.3 is 11.1 Å². The maximum absolute atomic E-state index is 11.2. The smallest absolute Gasteiger partial charge is 0.237 e. The van der Waals surface area contributed by atoms with Gasteiger partial charge in [0.1, 0.15) is 0 Å². The van der Waals surface area contributed by atoms with E-state index in [-0.39, 0.29) is 5.91 Å². The maximum Gasteiger partial charge on any atom is 0.237 e. The zero-order valence-electron chi connectivity index (χ0n) is 7.68. The molecule has 0 saturated heterocycles. The van der Waals surface area contributed by atoms with Gasteiger partial charge >= 0.3 is 0 Å². The molecule has 0 radical (unpaired) electrons. The van der Waals surface area contributed by atoms with Crippen LogP contribution >= 0.6 is 27.7 Å². The molecular weight excluding hydrogens is 252 g/mol. The maximum atomic E-state index is 11.2. The average molecular weight is 267 g/mol. The summed E-state index contributed by atoms with van der Waals surface area (Å²) in [5, 5.41) is 2.67. The van der Waals surface area contributed by atoms with Crippen LogP contribution in [0.25, 0.3) is 0 Å². The minimum Gasteiger partial charge on any atom is -0.350 e. The molecule has 0 aliphatic heterocycles. The van der Waals surface area contributed by atoms with Gasteiger partial charge in [-0.1, -0.05) is 22.5 Å². The third kappa shape index (κ3) is 7.10. The van der Waals surface area contributed by atoms with Crippen molar-refractivity contribution in [2.24, 2.45) is 5.73 Å². The van der Waals surface area contributed by atoms with E-state index in [0.717, 1.165) is 10.2 Å². The molecule has 3 nitrogen and oxygen atoms in total. The second-order valence-corrected chi connectivity index (χ2v) is 4.73. The molecule has 0 aromatic rings. The molecule has 0 unspecified atom stereocenters. The number of rotatable bonds is 6. The van der Waals surface area contributed by atoms with Crippen LogP contribution in [0.15, 0.2) is 11.1 Å². The van der Waals surface area contributed by atoms with E-state index in [4.69, 9.17) is 5.73 Å². The first kappa shape index (κ1) is 13.0. The van der Waals surface area contributed by atoms with Crippen LogP contribution in [-0.4, -0.2) is 30.5 Å². The fourth-order valence-corrected chi connectivity index (χ4v) is 1.32. The lowest BCUT2D eigenvalue weighted by molar-refractivity contribution is -0.122. The van der Waals surface area contributed by atoms with Gasteiger partial charge in [-0.15, -0.1) is 0 Å². The largest absolute Gasteiger partial charge is 0.350 e. The lowest BCUT2D eigenvalue weighted by atomic mass is 10.2. The van der Waals surface area contributed by atoms with Crippen LogP contribution in [0.3, 0.4) is 0 Å². The summed E-state index contributed by atoms with van der Waals surface area (Å²) in [6, 6.07) is -0.403. The van der Waals surface area contributed by atoms with Crippen LogP contribution in [-0.2, 0) is 4.79 Å². The fraction of sp³-hybridized carbons (Fsp3) is 0.625. The van der Waals surface area contributed by atoms with Crippen molar-refractivity contribution in [1.82, 2.24) is 5.32 Å². The summed E-state index contributed by atoms with van der Waals surface area (Å²) < 4.78 is 0.748. The highest BCUT2D eigenvalue weighted by molar-refractivity contribution is 9.11. The van der Waals surface area contributed by atoms with Gasteiger partial charge in [-0.05, 0) is 18.4 Å². The highest BCUT2D eigenvalue weighted by atomic mass is 79.9. The van der Waals surface area contributed by atoms with Gasteiger partial charge in [0.25, 0.3) is 0 Å². The predicted octanol–water partition coefficient (Wildman–Crippen LogP) is 1.09. The minimum atomic E-state index is -0.403. The van der Waals surface area contributed by atoms with Crippen molar-refractivity contribution >= 4 is 33.6 Å². The van der Waals surface area contributed by atoms with E-state index in [1.807, 2.05) is 6.26 Å². The van der Waals surface area contributed by atoms with Gasteiger partial charge in [0.2, 0.25) is 5.91 Å². The Labute approximate surface area is 91.6 Å². The summed E-state index contributed by atoms with van der Waals surface area (Å²) in [4.78, 5) is 11.2. The Morgan fingerprint density at radius 1 is 1.77 bits per heavy atom. The molecule has 13 heavy (non-hydrogen) atoms. The SMILES string of the molecule is C=C(Br)CNC(=O)[C@H](N)CCSC. The quantitative estimate of drug-likeness (QED) is 0.757. The van der Waals surface area contributed by atoms with Crippen LogP contribution in [0.2, 0.25) is 0 Å². The number of amides is 1. The van der Waals surface area contributed by atoms with Gasteiger partial charge in [0, 0.05) is 11.0 Å². The molecule has 0 aliphatic carbocycles. The lowest BCUT2D eigenvalue weighted by Crippen LogP contribution is -2.41. The Kier molecular flexibility index (Phi) is 7.41. The molecular formula is C8H15BrN2OS. The van der Waals surface area contributed by atoms with Crippen molar-refractivity contribution in [3.8, 4) is 0 Å². The highest BCUT2D eigenvalue weighted by Crippen LogP contribution is 2.00. The summed E-state index contributed by atoms with van der Waals surface area (Å²) in [5.74, 6) is 0.791. The normalized spacial score (nSPS) is 12.2. The number of halogens is 1. The standard InChI is InChI=1S/C8H15BrN2OS/c1-6(9)5-11-8(12)7(10)3-4-13-2/h7H,1,3-5,10H2,2H3,(H,11,12)/t7-/m1/s1. The second-order valence-electron chi connectivity index (χ2n) is 2.62. The van der Waals surface area contributed by atoms with Gasteiger partial charge in [0.15, 0.2) is 0 Å². The molecule has 0 rings (SSSR count). The molecule has 3 N–H and O–H groups in total. The van der Waals surface area contributed by atoms with E-state index in [1.54, 1.807) is 11.8 Å². The monoisotopic (exact) mass is 266 g/mol. The topological polar surface area (TPSA) is 55.1 Å². The Morgan fingerprint density at radius 2 is 2.38 bits per heavy atom. The van der Waals surface area contributed by atoms with Crippen molar-refractivity contribution in [3.63, 3.8) is 0 Å². The van der Waals surface area contributed by atoms with Crippen molar-refractivity contribution in [3.05, 3.63) is 11.1 Å². The van der Waals surface area contributed by atoms with Crippen LogP contribution in [0.4, 0.5) is 0 Å². The Morgan fingerprint density at radius 3 is 2.85 bits per heavy atom. The number of hydrogen-bond donors (Lipinski definition) is 2. The van der Waals surface area contributed by atoms with Crippen LogP contribution in [0.1, 0.15) is 6.42 Å². The van der Waals surface area contributed by atoms with E-state index in [9.17, 15) is 4.79 Å². The first-order valence-electron chi connectivity index (χ1n) is 3.93. The van der Waals surface area contributed by atoms with Crippen molar-refractivity contribution in [2.75, 3.05) is 18.6 Å². The number of carbonyl (C=O) groups is 1. The third-order valence-corrected chi connectivity index (χ3v) is 2.35. The summed E-state index contributed by atoms with van der Waals surface area (Å²) in [5.41, 5.74) is 5.62. The molecule has 0 aliphatic rings. The summed E-state index contributed by atoms with van der Waals surface area (Å²) in [6.07, 6.45) is 2.70. The molecule has 0 aromatic carbocycles. The Balaban J connectivity index is 3.63. The van der Waals surface area contributed by atoms with Gasteiger partial charge in [-0.25, -0.2) is 0 Å². The predicted molar refractivity (Wildman–Crippen MR) is 62.1 cm³/mol. The van der Waals surface area contributed by atoms with E-state index in [0.29, 0.717) is 13.0 Å². The molecule has 5 heteroatoms. The highest BCUT2D eigenvalue weighted by Gasteiger charge is 2.11. The van der Waals surface area contributed by atoms with Crippen molar-refractivity contribution in [1.29, 1.82) is 0 Å². The van der Waals surface area contributed by atoms with E-state index >= 15 is 0 Å². The van der Waals surface area contributed by atoms with E-state index in [2.05, 4.69) is 27.8 Å². The van der Waals surface area contributed by atoms with E-state index in [1.165, 1.54) is 0 Å². The van der Waals surface area contributed by atoms with Crippen LogP contribution in [0.5, 0.6) is 0 Å². The summed E-state index contributed by atoms with van der Waals surface area (Å²) >= 11 is 4.84. The van der Waals surface area contributed by atoms with Gasteiger partial charge in [0.05, 0.1) is 6.04 Å². The van der Waals surface area contributed by atoms with Crippen LogP contribution < -0.4 is 11.1 Å². The molecule has 0 saturated carbocycles. The zero-order valence-corrected chi connectivity index (χ0v) is 10.1. The first-order chi connectivity index (χ1) is 6.07.